The summed E-state index contributed by atoms with van der Waals surface area (Å²) < 4.78 is 5.58. The van der Waals surface area contributed by atoms with Crippen molar-refractivity contribution in [2.24, 2.45) is 5.73 Å². The molecule has 2 unspecified atom stereocenters. The molecule has 1 saturated heterocycles. The van der Waals surface area contributed by atoms with Crippen LogP contribution < -0.4 is 5.73 Å². The first-order valence-corrected chi connectivity index (χ1v) is 6.74. The van der Waals surface area contributed by atoms with Gasteiger partial charge in [0.2, 0.25) is 0 Å². The van der Waals surface area contributed by atoms with E-state index in [0.717, 1.165) is 39.1 Å². The molecule has 2 atom stereocenters. The van der Waals surface area contributed by atoms with Crippen LogP contribution in [0, 0.1) is 0 Å². The average molecular weight is 228 g/mol. The lowest BCUT2D eigenvalue weighted by Gasteiger charge is -2.45. The third-order valence-electron chi connectivity index (χ3n) is 4.10. The molecule has 2 N–H and O–H groups in total. The van der Waals surface area contributed by atoms with Gasteiger partial charge in [0.05, 0.1) is 0 Å². The van der Waals surface area contributed by atoms with Crippen LogP contribution in [-0.2, 0) is 4.74 Å². The molecule has 1 fully saturated rings. The van der Waals surface area contributed by atoms with E-state index in [1.54, 1.807) is 0 Å². The van der Waals surface area contributed by atoms with Gasteiger partial charge in [-0.3, -0.25) is 4.90 Å². The maximum atomic E-state index is 6.08. The van der Waals surface area contributed by atoms with E-state index in [1.807, 2.05) is 0 Å². The predicted octanol–water partition coefficient (Wildman–Crippen LogP) is 2.00. The molecule has 0 saturated carbocycles. The van der Waals surface area contributed by atoms with Gasteiger partial charge in [0, 0.05) is 31.3 Å². The van der Waals surface area contributed by atoms with Crippen LogP contribution >= 0.6 is 0 Å². The van der Waals surface area contributed by atoms with Crippen LogP contribution in [0.5, 0.6) is 0 Å². The average Bonchev–Trinajstić information content (AvgIpc) is 2.56. The van der Waals surface area contributed by atoms with Crippen LogP contribution in [-0.4, -0.2) is 42.8 Å². The molecular weight excluding hydrogens is 200 g/mol. The fourth-order valence-electron chi connectivity index (χ4n) is 2.94. The Morgan fingerprint density at radius 1 is 1.31 bits per heavy atom. The summed E-state index contributed by atoms with van der Waals surface area (Å²) in [4.78, 5) is 2.60. The monoisotopic (exact) mass is 228 g/mol. The van der Waals surface area contributed by atoms with Gasteiger partial charge < -0.3 is 10.5 Å². The molecule has 3 nitrogen and oxygen atoms in total. The van der Waals surface area contributed by atoms with E-state index < -0.39 is 0 Å². The molecule has 1 aliphatic heterocycles. The highest BCUT2D eigenvalue weighted by Crippen LogP contribution is 2.29. The second-order valence-corrected chi connectivity index (χ2v) is 4.94. The zero-order chi connectivity index (χ0) is 12.0. The van der Waals surface area contributed by atoms with Gasteiger partial charge in [-0.15, -0.1) is 0 Å². The zero-order valence-electron chi connectivity index (χ0n) is 11.2. The van der Waals surface area contributed by atoms with E-state index in [0.29, 0.717) is 6.04 Å². The van der Waals surface area contributed by atoms with Crippen LogP contribution in [0.15, 0.2) is 0 Å². The van der Waals surface area contributed by atoms with Crippen LogP contribution in [0.25, 0.3) is 0 Å². The van der Waals surface area contributed by atoms with E-state index in [2.05, 4.69) is 25.7 Å². The Morgan fingerprint density at radius 2 is 2.06 bits per heavy atom. The minimum absolute atomic E-state index is 0.181. The van der Waals surface area contributed by atoms with Crippen LogP contribution in [0.4, 0.5) is 0 Å². The van der Waals surface area contributed by atoms with Crippen molar-refractivity contribution in [3.8, 4) is 0 Å². The molecule has 96 valence electrons. The summed E-state index contributed by atoms with van der Waals surface area (Å²) in [5.41, 5.74) is 6.26. The quantitative estimate of drug-likeness (QED) is 0.782. The smallest absolute Gasteiger partial charge is 0.0484 e. The molecule has 0 aliphatic carbocycles. The summed E-state index contributed by atoms with van der Waals surface area (Å²) in [5.74, 6) is 0. The minimum atomic E-state index is 0.181. The first-order chi connectivity index (χ1) is 7.70. The summed E-state index contributed by atoms with van der Waals surface area (Å²) >= 11 is 0. The third-order valence-corrected chi connectivity index (χ3v) is 4.10. The molecule has 0 aromatic rings. The molecule has 16 heavy (non-hydrogen) atoms. The molecule has 3 heteroatoms. The van der Waals surface area contributed by atoms with E-state index in [9.17, 15) is 0 Å². The summed E-state index contributed by atoms with van der Waals surface area (Å²) in [7, 11) is 0. The molecule has 0 bridgehead atoms. The normalized spacial score (nSPS) is 29.1. The van der Waals surface area contributed by atoms with Gasteiger partial charge in [-0.25, -0.2) is 0 Å². The minimum Gasteiger partial charge on any atom is -0.381 e. The van der Waals surface area contributed by atoms with Crippen LogP contribution in [0.2, 0.25) is 0 Å². The first kappa shape index (κ1) is 13.9. The van der Waals surface area contributed by atoms with Crippen molar-refractivity contribution < 1.29 is 4.74 Å². The Balaban J connectivity index is 2.81. The second kappa shape index (κ2) is 6.58. The number of rotatable bonds is 5. The number of likely N-dealkylation sites (N-methyl/N-ethyl adjacent to an activating group) is 1. The zero-order valence-corrected chi connectivity index (χ0v) is 11.2. The van der Waals surface area contributed by atoms with E-state index in [1.165, 1.54) is 12.8 Å². The number of hydrogen-bond acceptors (Lipinski definition) is 3. The molecule has 0 spiro atoms. The van der Waals surface area contributed by atoms with Crippen molar-refractivity contribution in [1.29, 1.82) is 0 Å². The lowest BCUT2D eigenvalue weighted by Crippen LogP contribution is -2.57. The van der Waals surface area contributed by atoms with Crippen molar-refractivity contribution in [3.05, 3.63) is 0 Å². The standard InChI is InChI=1S/C13H28N2O/c1-4-12(3)15(5-2)13(11-14)7-6-9-16-10-8-13/h12H,4-11,14H2,1-3H3. The van der Waals surface area contributed by atoms with Gasteiger partial charge in [0.25, 0.3) is 0 Å². The largest absolute Gasteiger partial charge is 0.381 e. The highest BCUT2D eigenvalue weighted by Gasteiger charge is 2.37. The summed E-state index contributed by atoms with van der Waals surface area (Å²) in [6.07, 6.45) is 4.60. The number of nitrogens with two attached hydrogens (primary N) is 1. The first-order valence-electron chi connectivity index (χ1n) is 6.74. The molecule has 1 aliphatic rings. The molecule has 0 aromatic heterocycles. The SMILES string of the molecule is CCC(C)N(CC)C1(CN)CCCOCC1. The topological polar surface area (TPSA) is 38.5 Å². The highest BCUT2D eigenvalue weighted by atomic mass is 16.5. The number of hydrogen-bond donors (Lipinski definition) is 1. The summed E-state index contributed by atoms with van der Waals surface area (Å²) in [6.45, 7) is 10.4. The Kier molecular flexibility index (Phi) is 5.73. The van der Waals surface area contributed by atoms with Gasteiger partial charge >= 0.3 is 0 Å². The van der Waals surface area contributed by atoms with Crippen LogP contribution in [0.1, 0.15) is 46.5 Å². The van der Waals surface area contributed by atoms with Gasteiger partial charge in [-0.2, -0.15) is 0 Å². The highest BCUT2D eigenvalue weighted by molar-refractivity contribution is 4.94. The molecular formula is C13H28N2O. The Hall–Kier alpha value is -0.120. The third kappa shape index (κ3) is 2.96. The number of nitrogens with zero attached hydrogens (tertiary/aromatic N) is 1. The fourth-order valence-corrected chi connectivity index (χ4v) is 2.94. The van der Waals surface area contributed by atoms with E-state index >= 15 is 0 Å². The van der Waals surface area contributed by atoms with Crippen molar-refractivity contribution in [2.75, 3.05) is 26.3 Å². The van der Waals surface area contributed by atoms with Crippen molar-refractivity contribution in [1.82, 2.24) is 4.90 Å². The van der Waals surface area contributed by atoms with Crippen molar-refractivity contribution >= 4 is 0 Å². The fraction of sp³-hybridized carbons (Fsp3) is 1.00. The van der Waals surface area contributed by atoms with E-state index in [-0.39, 0.29) is 5.54 Å². The van der Waals surface area contributed by atoms with Crippen LogP contribution in [0.3, 0.4) is 0 Å². The lowest BCUT2D eigenvalue weighted by atomic mass is 9.87. The lowest BCUT2D eigenvalue weighted by molar-refractivity contribution is 0.0385. The van der Waals surface area contributed by atoms with Gasteiger partial charge in [0.15, 0.2) is 0 Å². The molecule has 0 amide bonds. The van der Waals surface area contributed by atoms with Gasteiger partial charge in [-0.1, -0.05) is 13.8 Å². The maximum absolute atomic E-state index is 6.08. The molecule has 1 rings (SSSR count). The molecule has 0 radical (unpaired) electrons. The molecule has 1 heterocycles. The molecule has 0 aromatic carbocycles. The van der Waals surface area contributed by atoms with Gasteiger partial charge in [0.1, 0.15) is 0 Å². The second-order valence-electron chi connectivity index (χ2n) is 4.94. The number of ether oxygens (including phenoxy) is 1. The Bertz CT molecular complexity index is 188. The van der Waals surface area contributed by atoms with Crippen molar-refractivity contribution in [3.63, 3.8) is 0 Å². The predicted molar refractivity (Wildman–Crippen MR) is 68.6 cm³/mol. The summed E-state index contributed by atoms with van der Waals surface area (Å²) in [6, 6.07) is 0.617. The van der Waals surface area contributed by atoms with Gasteiger partial charge in [-0.05, 0) is 39.2 Å². The summed E-state index contributed by atoms with van der Waals surface area (Å²) in [5, 5.41) is 0. The van der Waals surface area contributed by atoms with E-state index in [4.69, 9.17) is 10.5 Å². The van der Waals surface area contributed by atoms with Crippen molar-refractivity contribution in [2.45, 2.75) is 58.0 Å². The maximum Gasteiger partial charge on any atom is 0.0484 e. The Morgan fingerprint density at radius 3 is 2.62 bits per heavy atom. The Labute approximate surface area is 100 Å².